The standard InChI is InChI=1S/C23H32N2O6/c1-4-5-6-7-8-12-15-31-21(27)23(30-3,25-17-20(26)24-22(25)28)19(29-2)16-18-13-10-9-11-14-18/h9-11,13-14,16H,4-8,12,15,17H2,1-3H3,(H,24,26,28). The number of nitrogens with one attached hydrogen (secondary N) is 1. The van der Waals surface area contributed by atoms with Crippen LogP contribution in [-0.4, -0.2) is 55.9 Å². The third-order valence-corrected chi connectivity index (χ3v) is 5.13. The van der Waals surface area contributed by atoms with E-state index in [-0.39, 0.29) is 18.9 Å². The van der Waals surface area contributed by atoms with Gasteiger partial charge in [-0.15, -0.1) is 0 Å². The third-order valence-electron chi connectivity index (χ3n) is 5.13. The van der Waals surface area contributed by atoms with Gasteiger partial charge < -0.3 is 14.2 Å². The number of esters is 1. The Balaban J connectivity index is 2.27. The molecule has 1 aliphatic rings. The van der Waals surface area contributed by atoms with Crippen molar-refractivity contribution >= 4 is 24.0 Å². The molecule has 0 aliphatic carbocycles. The summed E-state index contributed by atoms with van der Waals surface area (Å²) < 4.78 is 16.6. The van der Waals surface area contributed by atoms with Gasteiger partial charge in [0.05, 0.1) is 13.7 Å². The summed E-state index contributed by atoms with van der Waals surface area (Å²) in [4.78, 5) is 38.6. The number of hydrogen-bond donors (Lipinski definition) is 1. The maximum Gasteiger partial charge on any atom is 0.368 e. The van der Waals surface area contributed by atoms with E-state index in [1.54, 1.807) is 6.08 Å². The van der Waals surface area contributed by atoms with Crippen molar-refractivity contribution in [1.82, 2.24) is 10.2 Å². The Hall–Kier alpha value is -2.87. The van der Waals surface area contributed by atoms with E-state index < -0.39 is 23.6 Å². The van der Waals surface area contributed by atoms with E-state index in [1.165, 1.54) is 20.6 Å². The Labute approximate surface area is 183 Å². The molecule has 2 rings (SSSR count). The number of amides is 3. The maximum absolute atomic E-state index is 13.3. The number of methoxy groups -OCH3 is 2. The molecule has 1 aromatic rings. The molecule has 31 heavy (non-hydrogen) atoms. The molecule has 1 aromatic carbocycles. The summed E-state index contributed by atoms with van der Waals surface area (Å²) in [5.41, 5.74) is -1.29. The molecule has 8 nitrogen and oxygen atoms in total. The Morgan fingerprint density at radius 2 is 1.77 bits per heavy atom. The second-order valence-corrected chi connectivity index (χ2v) is 7.31. The number of urea groups is 1. The van der Waals surface area contributed by atoms with Crippen molar-refractivity contribution in [2.75, 3.05) is 27.4 Å². The van der Waals surface area contributed by atoms with Crippen molar-refractivity contribution in [3.05, 3.63) is 41.7 Å². The summed E-state index contributed by atoms with van der Waals surface area (Å²) in [5.74, 6) is -1.30. The SMILES string of the molecule is CCCCCCCCOC(=O)C(OC)(C(=Cc1ccccc1)OC)N1CC(=O)NC1=O. The van der Waals surface area contributed by atoms with E-state index in [1.807, 2.05) is 30.3 Å². The predicted molar refractivity (Wildman–Crippen MR) is 116 cm³/mol. The van der Waals surface area contributed by atoms with E-state index in [4.69, 9.17) is 14.2 Å². The molecular formula is C23H32N2O6. The molecule has 1 saturated heterocycles. The number of carbonyl (C=O) groups is 3. The first-order chi connectivity index (χ1) is 15.0. The first-order valence-corrected chi connectivity index (χ1v) is 10.6. The van der Waals surface area contributed by atoms with Crippen LogP contribution in [0.15, 0.2) is 36.1 Å². The fourth-order valence-electron chi connectivity index (χ4n) is 3.47. The van der Waals surface area contributed by atoms with Crippen LogP contribution >= 0.6 is 0 Å². The van der Waals surface area contributed by atoms with Crippen LogP contribution in [0.25, 0.3) is 6.08 Å². The van der Waals surface area contributed by atoms with Gasteiger partial charge in [-0.3, -0.25) is 15.0 Å². The van der Waals surface area contributed by atoms with E-state index >= 15 is 0 Å². The number of imide groups is 1. The van der Waals surface area contributed by atoms with Gasteiger partial charge in [0, 0.05) is 7.11 Å². The number of unbranched alkanes of at least 4 members (excludes halogenated alkanes) is 5. The third kappa shape index (κ3) is 6.07. The molecular weight excluding hydrogens is 400 g/mol. The molecule has 0 radical (unpaired) electrons. The number of rotatable bonds is 13. The number of carbonyl (C=O) groups excluding carboxylic acids is 3. The van der Waals surface area contributed by atoms with Crippen molar-refractivity contribution in [3.8, 4) is 0 Å². The Bertz CT molecular complexity index is 780. The highest BCUT2D eigenvalue weighted by Crippen LogP contribution is 2.32. The molecule has 0 bridgehead atoms. The summed E-state index contributed by atoms with van der Waals surface area (Å²) in [6.07, 6.45) is 7.79. The van der Waals surface area contributed by atoms with Crippen LogP contribution in [0.1, 0.15) is 51.0 Å². The van der Waals surface area contributed by atoms with E-state index in [0.717, 1.165) is 36.1 Å². The molecule has 0 aromatic heterocycles. The lowest BCUT2D eigenvalue weighted by Gasteiger charge is -2.37. The van der Waals surface area contributed by atoms with Gasteiger partial charge in [-0.05, 0) is 18.1 Å². The van der Waals surface area contributed by atoms with Crippen LogP contribution < -0.4 is 5.32 Å². The van der Waals surface area contributed by atoms with Crippen molar-refractivity contribution in [2.45, 2.75) is 51.2 Å². The molecule has 1 fully saturated rings. The number of nitrogens with zero attached hydrogens (tertiary/aromatic N) is 1. The fourth-order valence-corrected chi connectivity index (χ4v) is 3.47. The van der Waals surface area contributed by atoms with Gasteiger partial charge in [-0.25, -0.2) is 9.59 Å². The topological polar surface area (TPSA) is 94.2 Å². The second kappa shape index (κ2) is 12.1. The van der Waals surface area contributed by atoms with Crippen LogP contribution in [0.2, 0.25) is 0 Å². The fraction of sp³-hybridized carbons (Fsp3) is 0.522. The van der Waals surface area contributed by atoms with Gasteiger partial charge in [0.1, 0.15) is 6.54 Å². The summed E-state index contributed by atoms with van der Waals surface area (Å²) in [6, 6.07) is 8.40. The second-order valence-electron chi connectivity index (χ2n) is 7.31. The van der Waals surface area contributed by atoms with Crippen LogP contribution in [0.4, 0.5) is 4.79 Å². The minimum absolute atomic E-state index is 0.0407. The van der Waals surface area contributed by atoms with Crippen LogP contribution in [0.5, 0.6) is 0 Å². The zero-order valence-corrected chi connectivity index (χ0v) is 18.5. The van der Waals surface area contributed by atoms with Gasteiger partial charge in [0.2, 0.25) is 5.91 Å². The Morgan fingerprint density at radius 3 is 2.35 bits per heavy atom. The number of hydrogen-bond acceptors (Lipinski definition) is 6. The van der Waals surface area contributed by atoms with Gasteiger partial charge in [-0.1, -0.05) is 69.4 Å². The average molecular weight is 433 g/mol. The minimum atomic E-state index is -2.02. The largest absolute Gasteiger partial charge is 0.495 e. The predicted octanol–water partition coefficient (Wildman–Crippen LogP) is 3.47. The summed E-state index contributed by atoms with van der Waals surface area (Å²) in [6.45, 7) is 1.98. The molecule has 3 amide bonds. The van der Waals surface area contributed by atoms with Crippen LogP contribution in [0.3, 0.4) is 0 Å². The van der Waals surface area contributed by atoms with Gasteiger partial charge >= 0.3 is 17.7 Å². The normalized spacial score (nSPS) is 16.1. The molecule has 1 heterocycles. The molecule has 1 N–H and O–H groups in total. The molecule has 0 saturated carbocycles. The molecule has 1 atom stereocenters. The highest BCUT2D eigenvalue weighted by molar-refractivity contribution is 6.05. The Morgan fingerprint density at radius 1 is 1.10 bits per heavy atom. The molecule has 170 valence electrons. The van der Waals surface area contributed by atoms with E-state index in [0.29, 0.717) is 6.42 Å². The maximum atomic E-state index is 13.3. The van der Waals surface area contributed by atoms with Crippen molar-refractivity contribution in [1.29, 1.82) is 0 Å². The lowest BCUT2D eigenvalue weighted by Crippen LogP contribution is -2.59. The van der Waals surface area contributed by atoms with Crippen molar-refractivity contribution in [3.63, 3.8) is 0 Å². The number of ether oxygens (including phenoxy) is 3. The summed E-state index contributed by atoms with van der Waals surface area (Å²) >= 11 is 0. The van der Waals surface area contributed by atoms with Gasteiger partial charge in [-0.2, -0.15) is 0 Å². The molecule has 8 heteroatoms. The summed E-state index contributed by atoms with van der Waals surface area (Å²) in [7, 11) is 2.65. The quantitative estimate of drug-likeness (QED) is 0.222. The highest BCUT2D eigenvalue weighted by Gasteiger charge is 2.56. The molecule has 1 unspecified atom stereocenters. The zero-order valence-electron chi connectivity index (χ0n) is 18.5. The van der Waals surface area contributed by atoms with Gasteiger partial charge in [0.15, 0.2) is 5.76 Å². The van der Waals surface area contributed by atoms with E-state index in [9.17, 15) is 14.4 Å². The summed E-state index contributed by atoms with van der Waals surface area (Å²) in [5, 5.41) is 2.18. The van der Waals surface area contributed by atoms with E-state index in [2.05, 4.69) is 12.2 Å². The highest BCUT2D eigenvalue weighted by atomic mass is 16.6. The van der Waals surface area contributed by atoms with Crippen LogP contribution in [-0.2, 0) is 23.8 Å². The number of benzene rings is 1. The van der Waals surface area contributed by atoms with Crippen LogP contribution in [0, 0.1) is 0 Å². The molecule has 1 aliphatic heterocycles. The van der Waals surface area contributed by atoms with Crippen molar-refractivity contribution in [2.24, 2.45) is 0 Å². The first kappa shape index (κ1) is 24.4. The average Bonchev–Trinajstić information content (AvgIpc) is 3.12. The first-order valence-electron chi connectivity index (χ1n) is 10.6. The molecule has 0 spiro atoms. The monoisotopic (exact) mass is 432 g/mol. The smallest absolute Gasteiger partial charge is 0.368 e. The zero-order chi connectivity index (χ0) is 22.7. The lowest BCUT2D eigenvalue weighted by atomic mass is 10.1. The van der Waals surface area contributed by atoms with Crippen molar-refractivity contribution < 1.29 is 28.6 Å². The van der Waals surface area contributed by atoms with Gasteiger partial charge in [0.25, 0.3) is 0 Å². The minimum Gasteiger partial charge on any atom is -0.495 e. The lowest BCUT2D eigenvalue weighted by molar-refractivity contribution is -0.186. The Kier molecular flexibility index (Phi) is 9.52.